The molecular weight excluding hydrogens is 271 g/mol. The SMILES string of the molecule is CCOP1(=O)CCC(OC(C)=O)C1Br. The first-order valence-electron chi connectivity index (χ1n) is 4.54. The third-order valence-corrected chi connectivity index (χ3v) is 7.20. The fraction of sp³-hybridized carbons (Fsp3) is 0.875. The van der Waals surface area contributed by atoms with Gasteiger partial charge in [-0.1, -0.05) is 15.9 Å². The van der Waals surface area contributed by atoms with Gasteiger partial charge in [-0.2, -0.15) is 0 Å². The van der Waals surface area contributed by atoms with Crippen LogP contribution in [0.15, 0.2) is 0 Å². The summed E-state index contributed by atoms with van der Waals surface area (Å²) in [5.74, 6) is -0.343. The van der Waals surface area contributed by atoms with Crippen molar-refractivity contribution in [1.82, 2.24) is 0 Å². The summed E-state index contributed by atoms with van der Waals surface area (Å²) in [6, 6.07) is 0. The number of rotatable bonds is 3. The maximum Gasteiger partial charge on any atom is 0.302 e. The average Bonchev–Trinajstić information content (AvgIpc) is 2.33. The average molecular weight is 285 g/mol. The predicted octanol–water partition coefficient (Wildman–Crippen LogP) is 2.36. The zero-order valence-corrected chi connectivity index (χ0v) is 10.7. The first-order chi connectivity index (χ1) is 6.49. The first kappa shape index (κ1) is 12.2. The molecule has 6 heteroatoms. The van der Waals surface area contributed by atoms with Crippen molar-refractivity contribution in [2.45, 2.75) is 30.9 Å². The van der Waals surface area contributed by atoms with Crippen LogP contribution in [-0.2, 0) is 18.6 Å². The Morgan fingerprint density at radius 3 is 2.79 bits per heavy atom. The van der Waals surface area contributed by atoms with E-state index in [1.54, 1.807) is 6.92 Å². The highest BCUT2D eigenvalue weighted by atomic mass is 79.9. The molecule has 0 bridgehead atoms. The summed E-state index contributed by atoms with van der Waals surface area (Å²) in [6.45, 7) is 3.58. The summed E-state index contributed by atoms with van der Waals surface area (Å²) < 4.78 is 22.0. The molecule has 1 aliphatic rings. The van der Waals surface area contributed by atoms with Gasteiger partial charge in [0.25, 0.3) is 0 Å². The van der Waals surface area contributed by atoms with Crippen LogP contribution in [0.1, 0.15) is 20.3 Å². The van der Waals surface area contributed by atoms with Crippen molar-refractivity contribution in [3.8, 4) is 0 Å². The van der Waals surface area contributed by atoms with Crippen molar-refractivity contribution < 1.29 is 18.6 Å². The minimum Gasteiger partial charge on any atom is -0.461 e. The number of ether oxygens (including phenoxy) is 1. The maximum atomic E-state index is 12.1. The molecule has 1 rings (SSSR count). The molecule has 1 heterocycles. The van der Waals surface area contributed by atoms with Crippen molar-refractivity contribution in [3.05, 3.63) is 0 Å². The summed E-state index contributed by atoms with van der Waals surface area (Å²) in [6.07, 6.45) is 0.770. The highest BCUT2D eigenvalue weighted by Crippen LogP contribution is 2.61. The molecule has 0 aliphatic carbocycles. The minimum absolute atomic E-state index is 0.315. The van der Waals surface area contributed by atoms with E-state index in [0.717, 1.165) is 0 Å². The largest absolute Gasteiger partial charge is 0.461 e. The van der Waals surface area contributed by atoms with Gasteiger partial charge in [-0.05, 0) is 13.3 Å². The standard InChI is InChI=1S/C8H14BrO4P/c1-3-12-14(11)5-4-7(8(14)9)13-6(2)10/h7-8H,3-5H2,1-2H3. The summed E-state index contributed by atoms with van der Waals surface area (Å²) in [4.78, 5) is 10.7. The lowest BCUT2D eigenvalue weighted by molar-refractivity contribution is -0.145. The fourth-order valence-electron chi connectivity index (χ4n) is 1.50. The molecule has 3 unspecified atom stereocenters. The Kier molecular flexibility index (Phi) is 4.16. The number of esters is 1. The summed E-state index contributed by atoms with van der Waals surface area (Å²) in [5.41, 5.74) is 0. The van der Waals surface area contributed by atoms with Crippen molar-refractivity contribution in [3.63, 3.8) is 0 Å². The molecule has 0 radical (unpaired) electrons. The van der Waals surface area contributed by atoms with E-state index in [1.807, 2.05) is 0 Å². The van der Waals surface area contributed by atoms with Crippen LogP contribution in [0.25, 0.3) is 0 Å². The van der Waals surface area contributed by atoms with Gasteiger partial charge >= 0.3 is 5.97 Å². The van der Waals surface area contributed by atoms with Crippen LogP contribution in [0.5, 0.6) is 0 Å². The van der Waals surface area contributed by atoms with Crippen molar-refractivity contribution in [2.75, 3.05) is 12.8 Å². The lowest BCUT2D eigenvalue weighted by Crippen LogP contribution is -2.20. The van der Waals surface area contributed by atoms with E-state index in [9.17, 15) is 9.36 Å². The second-order valence-corrected chi connectivity index (χ2v) is 7.58. The molecule has 82 valence electrons. The zero-order valence-electron chi connectivity index (χ0n) is 8.23. The van der Waals surface area contributed by atoms with Crippen LogP contribution in [0, 0.1) is 0 Å². The van der Waals surface area contributed by atoms with E-state index in [4.69, 9.17) is 9.26 Å². The van der Waals surface area contributed by atoms with Gasteiger partial charge in [-0.15, -0.1) is 0 Å². The van der Waals surface area contributed by atoms with Crippen molar-refractivity contribution in [1.29, 1.82) is 0 Å². The quantitative estimate of drug-likeness (QED) is 0.454. The second kappa shape index (κ2) is 4.77. The number of hydrogen-bond acceptors (Lipinski definition) is 4. The van der Waals surface area contributed by atoms with Gasteiger partial charge < -0.3 is 9.26 Å². The number of halogens is 1. The molecule has 3 atom stereocenters. The monoisotopic (exact) mass is 284 g/mol. The topological polar surface area (TPSA) is 52.6 Å². The normalized spacial score (nSPS) is 37.1. The Labute approximate surface area is 91.9 Å². The van der Waals surface area contributed by atoms with Crippen LogP contribution in [0.4, 0.5) is 0 Å². The van der Waals surface area contributed by atoms with Crippen LogP contribution in [-0.4, -0.2) is 29.4 Å². The van der Waals surface area contributed by atoms with Gasteiger partial charge in [0.2, 0.25) is 7.37 Å². The minimum atomic E-state index is -2.63. The molecule has 4 nitrogen and oxygen atoms in total. The van der Waals surface area contributed by atoms with Gasteiger partial charge in [0, 0.05) is 13.1 Å². The third kappa shape index (κ3) is 2.59. The highest BCUT2D eigenvalue weighted by Gasteiger charge is 2.46. The van der Waals surface area contributed by atoms with Gasteiger partial charge in [0.1, 0.15) is 10.7 Å². The first-order valence-corrected chi connectivity index (χ1v) is 7.33. The summed E-state index contributed by atoms with van der Waals surface area (Å²) >= 11 is 3.29. The Hall–Kier alpha value is 0.140. The molecule has 0 aromatic carbocycles. The van der Waals surface area contributed by atoms with Crippen LogP contribution in [0.2, 0.25) is 0 Å². The second-order valence-electron chi connectivity index (χ2n) is 3.18. The van der Waals surface area contributed by atoms with E-state index in [-0.39, 0.29) is 16.6 Å². The van der Waals surface area contributed by atoms with Crippen LogP contribution in [0.3, 0.4) is 0 Å². The Morgan fingerprint density at radius 2 is 2.29 bits per heavy atom. The van der Waals surface area contributed by atoms with E-state index in [1.165, 1.54) is 6.92 Å². The molecule has 0 N–H and O–H groups in total. The van der Waals surface area contributed by atoms with E-state index in [0.29, 0.717) is 19.2 Å². The summed E-state index contributed by atoms with van der Waals surface area (Å²) in [7, 11) is -2.63. The Bertz CT molecular complexity index is 268. The maximum absolute atomic E-state index is 12.1. The molecule has 0 aromatic heterocycles. The smallest absolute Gasteiger partial charge is 0.302 e. The third-order valence-electron chi connectivity index (χ3n) is 2.07. The molecular formula is C8H14BrO4P. The molecule has 1 aliphatic heterocycles. The molecule has 1 fully saturated rings. The lowest BCUT2D eigenvalue weighted by atomic mass is 10.3. The molecule has 0 amide bonds. The van der Waals surface area contributed by atoms with Crippen molar-refractivity contribution >= 4 is 29.3 Å². The van der Waals surface area contributed by atoms with E-state index in [2.05, 4.69) is 15.9 Å². The molecule has 0 aromatic rings. The zero-order chi connectivity index (χ0) is 10.8. The van der Waals surface area contributed by atoms with Gasteiger partial charge in [0.15, 0.2) is 0 Å². The Balaban J connectivity index is 2.63. The molecule has 1 saturated heterocycles. The number of hydrogen-bond donors (Lipinski definition) is 0. The van der Waals surface area contributed by atoms with E-state index >= 15 is 0 Å². The predicted molar refractivity (Wildman–Crippen MR) is 57.0 cm³/mol. The number of alkyl halides is 1. The van der Waals surface area contributed by atoms with E-state index < -0.39 is 7.37 Å². The van der Waals surface area contributed by atoms with Crippen molar-refractivity contribution in [2.24, 2.45) is 0 Å². The van der Waals surface area contributed by atoms with Gasteiger partial charge in [0.05, 0.1) is 6.61 Å². The molecule has 14 heavy (non-hydrogen) atoms. The Morgan fingerprint density at radius 1 is 1.64 bits per heavy atom. The van der Waals surface area contributed by atoms with Gasteiger partial charge in [-0.25, -0.2) is 0 Å². The van der Waals surface area contributed by atoms with Crippen LogP contribution >= 0.6 is 23.3 Å². The highest BCUT2D eigenvalue weighted by molar-refractivity contribution is 9.10. The molecule has 0 saturated carbocycles. The molecule has 0 spiro atoms. The lowest BCUT2D eigenvalue weighted by Gasteiger charge is -2.18. The number of carbonyl (C=O) groups is 1. The van der Waals surface area contributed by atoms with Gasteiger partial charge in [-0.3, -0.25) is 9.36 Å². The fourth-order valence-corrected chi connectivity index (χ4v) is 5.13. The summed E-state index contributed by atoms with van der Waals surface area (Å²) in [5, 5.41) is 0. The number of carbonyl (C=O) groups excluding carboxylic acids is 1. The van der Waals surface area contributed by atoms with Crippen LogP contribution < -0.4 is 0 Å².